The van der Waals surface area contributed by atoms with E-state index in [2.05, 4.69) is 65.1 Å². The van der Waals surface area contributed by atoms with Crippen LogP contribution in [0.1, 0.15) is 78.4 Å². The van der Waals surface area contributed by atoms with Gasteiger partial charge in [0.15, 0.2) is 0 Å². The Morgan fingerprint density at radius 3 is 2.29 bits per heavy atom. The Bertz CT molecular complexity index is 521. The number of carbonyl (C=O) groups excluding carboxylic acids is 1. The summed E-state index contributed by atoms with van der Waals surface area (Å²) in [6.45, 7) is 15.1. The van der Waals surface area contributed by atoms with Crippen LogP contribution in [-0.4, -0.2) is 19.6 Å². The lowest BCUT2D eigenvalue weighted by molar-refractivity contribution is -0.109. The molecule has 1 aromatic carbocycles. The number of amides is 1. The Morgan fingerprint density at radius 2 is 1.71 bits per heavy atom. The van der Waals surface area contributed by atoms with E-state index in [1.54, 1.807) is 0 Å². The van der Waals surface area contributed by atoms with Crippen molar-refractivity contribution >= 4 is 6.41 Å². The first-order valence-corrected chi connectivity index (χ1v) is 9.24. The van der Waals surface area contributed by atoms with Crippen molar-refractivity contribution in [1.82, 2.24) is 5.32 Å². The molecule has 0 saturated carbocycles. The van der Waals surface area contributed by atoms with Crippen molar-refractivity contribution in [3.05, 3.63) is 29.3 Å². The van der Waals surface area contributed by atoms with Gasteiger partial charge in [0.1, 0.15) is 5.75 Å². The van der Waals surface area contributed by atoms with Crippen molar-refractivity contribution in [3.8, 4) is 5.75 Å². The molecule has 0 saturated heterocycles. The molecule has 0 heterocycles. The van der Waals surface area contributed by atoms with Crippen molar-refractivity contribution in [2.45, 2.75) is 78.1 Å². The average Bonchev–Trinajstić information content (AvgIpc) is 2.57. The fourth-order valence-electron chi connectivity index (χ4n) is 2.85. The van der Waals surface area contributed by atoms with E-state index in [0.717, 1.165) is 37.8 Å². The molecular formula is C21H35NO2. The Labute approximate surface area is 148 Å². The predicted octanol–water partition coefficient (Wildman–Crippen LogP) is 4.97. The summed E-state index contributed by atoms with van der Waals surface area (Å²) in [5, 5.41) is 2.69. The summed E-state index contributed by atoms with van der Waals surface area (Å²) < 4.78 is 6.17. The number of hydrogen-bond acceptors (Lipinski definition) is 2. The number of rotatable bonds is 11. The molecule has 1 N–H and O–H groups in total. The van der Waals surface area contributed by atoms with Crippen LogP contribution in [0.2, 0.25) is 0 Å². The minimum atomic E-state index is 0.0808. The minimum Gasteiger partial charge on any atom is -0.493 e. The van der Waals surface area contributed by atoms with Gasteiger partial charge in [-0.15, -0.1) is 0 Å². The van der Waals surface area contributed by atoms with Crippen molar-refractivity contribution < 1.29 is 9.53 Å². The Balaban J connectivity index is 3.03. The number of carbonyl (C=O) groups is 1. The van der Waals surface area contributed by atoms with Gasteiger partial charge < -0.3 is 10.1 Å². The quantitative estimate of drug-likeness (QED) is 0.459. The number of unbranched alkanes of at least 4 members (excludes halogenated alkanes) is 1. The van der Waals surface area contributed by atoms with Crippen LogP contribution in [0.5, 0.6) is 5.75 Å². The molecule has 0 atom stereocenters. The highest BCUT2D eigenvalue weighted by atomic mass is 16.5. The topological polar surface area (TPSA) is 38.3 Å². The summed E-state index contributed by atoms with van der Waals surface area (Å²) in [5.74, 6) is 1.02. The number of nitrogens with one attached hydrogen (secondary N) is 1. The third kappa shape index (κ3) is 5.25. The largest absolute Gasteiger partial charge is 0.493 e. The predicted molar refractivity (Wildman–Crippen MR) is 102 cm³/mol. The van der Waals surface area contributed by atoms with Crippen LogP contribution in [0.3, 0.4) is 0 Å². The van der Waals surface area contributed by atoms with Crippen LogP contribution in [0.25, 0.3) is 0 Å². The second kappa shape index (κ2) is 9.10. The minimum absolute atomic E-state index is 0.0808. The molecule has 3 nitrogen and oxygen atoms in total. The van der Waals surface area contributed by atoms with E-state index in [4.69, 9.17) is 4.74 Å². The highest BCUT2D eigenvalue weighted by Crippen LogP contribution is 2.42. The van der Waals surface area contributed by atoms with E-state index in [1.165, 1.54) is 11.1 Å². The van der Waals surface area contributed by atoms with Crippen LogP contribution in [0.4, 0.5) is 0 Å². The van der Waals surface area contributed by atoms with Gasteiger partial charge in [-0.1, -0.05) is 53.7 Å². The zero-order valence-electron chi connectivity index (χ0n) is 16.4. The molecule has 0 aromatic heterocycles. The zero-order valence-corrected chi connectivity index (χ0v) is 16.4. The van der Waals surface area contributed by atoms with Crippen molar-refractivity contribution in [2.75, 3.05) is 13.2 Å². The molecule has 1 aromatic rings. The normalized spacial score (nSPS) is 12.1. The van der Waals surface area contributed by atoms with Gasteiger partial charge in [-0.25, -0.2) is 0 Å². The van der Waals surface area contributed by atoms with Crippen LogP contribution < -0.4 is 10.1 Å². The number of hydrogen-bond donors (Lipinski definition) is 1. The van der Waals surface area contributed by atoms with Crippen LogP contribution in [0.15, 0.2) is 18.2 Å². The van der Waals surface area contributed by atoms with Crippen molar-refractivity contribution in [3.63, 3.8) is 0 Å². The lowest BCUT2D eigenvalue weighted by atomic mass is 9.71. The van der Waals surface area contributed by atoms with E-state index in [9.17, 15) is 4.79 Å². The molecule has 136 valence electrons. The maximum absolute atomic E-state index is 10.3. The maximum atomic E-state index is 10.3. The second-order valence-corrected chi connectivity index (χ2v) is 7.78. The fraction of sp³-hybridized carbons (Fsp3) is 0.667. The summed E-state index contributed by atoms with van der Waals surface area (Å²) in [6, 6.07) is 6.48. The summed E-state index contributed by atoms with van der Waals surface area (Å²) in [5.41, 5.74) is 2.97. The van der Waals surface area contributed by atoms with Crippen LogP contribution >= 0.6 is 0 Å². The zero-order chi connectivity index (χ0) is 18.2. The van der Waals surface area contributed by atoms with Crippen molar-refractivity contribution in [1.29, 1.82) is 0 Å². The second-order valence-electron chi connectivity index (χ2n) is 7.78. The Morgan fingerprint density at radius 1 is 1.04 bits per heavy atom. The monoisotopic (exact) mass is 333 g/mol. The molecule has 0 fully saturated rings. The first-order chi connectivity index (χ1) is 11.3. The number of benzene rings is 1. The molecule has 0 aliphatic heterocycles. The molecule has 0 radical (unpaired) electrons. The summed E-state index contributed by atoms with van der Waals surface area (Å²) in [7, 11) is 0. The SMILES string of the molecule is CCC(C)(C)c1cccc(OCCCCNC=O)c1C(C)(C)CC. The molecule has 0 aliphatic carbocycles. The van der Waals surface area contributed by atoms with E-state index in [-0.39, 0.29) is 10.8 Å². The van der Waals surface area contributed by atoms with Gasteiger partial charge in [0.05, 0.1) is 6.61 Å². The lowest BCUT2D eigenvalue weighted by Crippen LogP contribution is -2.26. The highest BCUT2D eigenvalue weighted by molar-refractivity contribution is 5.48. The van der Waals surface area contributed by atoms with E-state index in [0.29, 0.717) is 13.2 Å². The highest BCUT2D eigenvalue weighted by Gasteiger charge is 2.31. The van der Waals surface area contributed by atoms with E-state index in [1.807, 2.05) is 0 Å². The first kappa shape index (κ1) is 20.5. The molecule has 1 rings (SSSR count). The molecule has 0 bridgehead atoms. The smallest absolute Gasteiger partial charge is 0.207 e. The molecule has 1 amide bonds. The fourth-order valence-corrected chi connectivity index (χ4v) is 2.85. The molecule has 0 unspecified atom stereocenters. The standard InChI is InChI=1S/C21H35NO2/c1-7-20(3,4)17-12-11-13-18(19(17)21(5,6)8-2)24-15-10-9-14-22-16-23/h11-13,16H,7-10,14-15H2,1-6H3,(H,22,23). The molecule has 0 spiro atoms. The van der Waals surface area contributed by atoms with Gasteiger partial charge in [-0.05, 0) is 48.1 Å². The Kier molecular flexibility index (Phi) is 7.78. The van der Waals surface area contributed by atoms with Gasteiger partial charge in [0, 0.05) is 12.1 Å². The summed E-state index contributed by atoms with van der Waals surface area (Å²) in [6.07, 6.45) is 4.79. The average molecular weight is 334 g/mol. The van der Waals surface area contributed by atoms with Gasteiger partial charge in [0.2, 0.25) is 6.41 Å². The van der Waals surface area contributed by atoms with Gasteiger partial charge in [-0.3, -0.25) is 4.79 Å². The van der Waals surface area contributed by atoms with Gasteiger partial charge in [-0.2, -0.15) is 0 Å². The first-order valence-electron chi connectivity index (χ1n) is 9.24. The van der Waals surface area contributed by atoms with Crippen LogP contribution in [-0.2, 0) is 15.6 Å². The maximum Gasteiger partial charge on any atom is 0.207 e. The molecule has 3 heteroatoms. The molecule has 0 aliphatic rings. The van der Waals surface area contributed by atoms with Gasteiger partial charge >= 0.3 is 0 Å². The third-order valence-corrected chi connectivity index (χ3v) is 5.26. The molecular weight excluding hydrogens is 298 g/mol. The van der Waals surface area contributed by atoms with E-state index < -0.39 is 0 Å². The lowest BCUT2D eigenvalue weighted by Gasteiger charge is -2.35. The summed E-state index contributed by atoms with van der Waals surface area (Å²) in [4.78, 5) is 10.3. The Hall–Kier alpha value is -1.51. The number of ether oxygens (including phenoxy) is 1. The molecule has 24 heavy (non-hydrogen) atoms. The van der Waals surface area contributed by atoms with Crippen LogP contribution in [0, 0.1) is 0 Å². The van der Waals surface area contributed by atoms with E-state index >= 15 is 0 Å². The summed E-state index contributed by atoms with van der Waals surface area (Å²) >= 11 is 0. The third-order valence-electron chi connectivity index (χ3n) is 5.26. The van der Waals surface area contributed by atoms with Gasteiger partial charge in [0.25, 0.3) is 0 Å². The van der Waals surface area contributed by atoms with Crippen molar-refractivity contribution in [2.24, 2.45) is 0 Å².